The Kier molecular flexibility index (Phi) is 10.2. The second-order valence-electron chi connectivity index (χ2n) is 8.99. The molecule has 2 saturated heterocycles. The van der Waals surface area contributed by atoms with Gasteiger partial charge in [0.05, 0.1) is 5.56 Å². The number of nitrogens with zero attached hydrogens (tertiary/aromatic N) is 4. The highest BCUT2D eigenvalue weighted by Crippen LogP contribution is 2.40. The predicted octanol–water partition coefficient (Wildman–Crippen LogP) is 4.18. The molecule has 0 bridgehead atoms. The molecule has 214 valence electrons. The summed E-state index contributed by atoms with van der Waals surface area (Å²) in [6.07, 6.45) is -3.41. The number of aliphatic carboxylic acids is 2. The number of rotatable bonds is 2. The molecule has 9 nitrogen and oxygen atoms in total. The summed E-state index contributed by atoms with van der Waals surface area (Å²) in [7, 11) is 0. The number of aromatic nitrogens is 2. The van der Waals surface area contributed by atoms with Gasteiger partial charge in [-0.2, -0.15) is 26.3 Å². The van der Waals surface area contributed by atoms with Crippen molar-refractivity contribution in [2.75, 3.05) is 31.1 Å². The molecule has 15 heteroatoms. The van der Waals surface area contributed by atoms with Crippen LogP contribution in [0.15, 0.2) is 42.7 Å². The number of halogens is 6. The van der Waals surface area contributed by atoms with Crippen LogP contribution < -0.4 is 4.90 Å². The quantitative estimate of drug-likeness (QED) is 0.521. The summed E-state index contributed by atoms with van der Waals surface area (Å²) in [6, 6.07) is 9.88. The second-order valence-corrected chi connectivity index (χ2v) is 8.99. The van der Waals surface area contributed by atoms with Crippen molar-refractivity contribution in [1.29, 1.82) is 0 Å². The molecule has 2 aliphatic heterocycles. The maximum absolute atomic E-state index is 12.8. The van der Waals surface area contributed by atoms with Gasteiger partial charge in [-0.3, -0.25) is 9.78 Å². The lowest BCUT2D eigenvalue weighted by molar-refractivity contribution is -0.193. The molecule has 2 aromatic heterocycles. The van der Waals surface area contributed by atoms with Gasteiger partial charge in [-0.15, -0.1) is 0 Å². The summed E-state index contributed by atoms with van der Waals surface area (Å²) < 4.78 is 63.5. The molecule has 39 heavy (non-hydrogen) atoms. The van der Waals surface area contributed by atoms with Crippen molar-refractivity contribution in [1.82, 2.24) is 14.9 Å². The van der Waals surface area contributed by atoms with E-state index < -0.39 is 24.3 Å². The summed E-state index contributed by atoms with van der Waals surface area (Å²) in [4.78, 5) is 43.7. The number of pyridine rings is 2. The van der Waals surface area contributed by atoms with E-state index in [0.29, 0.717) is 5.56 Å². The SMILES string of the molecule is Cc1cccc(N2CCC3(CCCN(C(=O)c4cccnc4)C3)C2)n1.O=C(O)C(F)(F)F.O=C(O)C(F)(F)F. The monoisotopic (exact) mass is 564 g/mol. The van der Waals surface area contributed by atoms with E-state index >= 15 is 0 Å². The van der Waals surface area contributed by atoms with E-state index in [1.54, 1.807) is 12.4 Å². The van der Waals surface area contributed by atoms with Crippen LogP contribution in [0.2, 0.25) is 0 Å². The van der Waals surface area contributed by atoms with Gasteiger partial charge in [-0.05, 0) is 50.5 Å². The number of alkyl halides is 6. The van der Waals surface area contributed by atoms with E-state index in [-0.39, 0.29) is 11.3 Å². The maximum atomic E-state index is 12.8. The lowest BCUT2D eigenvalue weighted by Crippen LogP contribution is -2.47. The molecule has 2 N–H and O–H groups in total. The summed E-state index contributed by atoms with van der Waals surface area (Å²) in [6.45, 7) is 5.72. The van der Waals surface area contributed by atoms with Crippen molar-refractivity contribution in [3.8, 4) is 0 Å². The number of carboxylic acid groups (broad SMARTS) is 2. The summed E-state index contributed by atoms with van der Waals surface area (Å²) in [5, 5.41) is 14.2. The number of piperidine rings is 1. The number of carbonyl (C=O) groups is 3. The summed E-state index contributed by atoms with van der Waals surface area (Å²) >= 11 is 0. The topological polar surface area (TPSA) is 124 Å². The van der Waals surface area contributed by atoms with E-state index in [0.717, 1.165) is 50.5 Å². The first-order valence-corrected chi connectivity index (χ1v) is 11.5. The van der Waals surface area contributed by atoms with Gasteiger partial charge in [-0.1, -0.05) is 6.07 Å². The highest BCUT2D eigenvalue weighted by molar-refractivity contribution is 5.94. The van der Waals surface area contributed by atoms with Crippen LogP contribution in [0.1, 0.15) is 35.3 Å². The lowest BCUT2D eigenvalue weighted by Gasteiger charge is -2.40. The Morgan fingerprint density at radius 2 is 1.51 bits per heavy atom. The minimum atomic E-state index is -5.08. The van der Waals surface area contributed by atoms with Gasteiger partial charge in [0.1, 0.15) is 5.82 Å². The van der Waals surface area contributed by atoms with Crippen LogP contribution in [-0.2, 0) is 9.59 Å². The van der Waals surface area contributed by atoms with Crippen LogP contribution in [0.25, 0.3) is 0 Å². The lowest BCUT2D eigenvalue weighted by atomic mass is 9.79. The molecule has 0 saturated carbocycles. The number of carboxylic acids is 2. The van der Waals surface area contributed by atoms with Crippen molar-refractivity contribution in [2.24, 2.45) is 5.41 Å². The fourth-order valence-electron chi connectivity index (χ4n) is 4.22. The third-order valence-electron chi connectivity index (χ3n) is 5.98. The second kappa shape index (κ2) is 12.8. The molecule has 2 fully saturated rings. The first-order chi connectivity index (χ1) is 18.0. The van der Waals surface area contributed by atoms with E-state index in [2.05, 4.69) is 27.0 Å². The molecule has 1 atom stereocenters. The molecule has 1 spiro atoms. The van der Waals surface area contributed by atoms with E-state index in [1.165, 1.54) is 6.42 Å². The van der Waals surface area contributed by atoms with Crippen LogP contribution in [-0.4, -0.2) is 81.5 Å². The third kappa shape index (κ3) is 9.41. The number of hydrogen-bond acceptors (Lipinski definition) is 6. The smallest absolute Gasteiger partial charge is 0.475 e. The largest absolute Gasteiger partial charge is 0.490 e. The highest BCUT2D eigenvalue weighted by atomic mass is 19.4. The van der Waals surface area contributed by atoms with Gasteiger partial charge in [0, 0.05) is 49.7 Å². The van der Waals surface area contributed by atoms with Crippen molar-refractivity contribution < 1.29 is 50.9 Å². The average Bonchev–Trinajstić information content (AvgIpc) is 3.26. The van der Waals surface area contributed by atoms with E-state index in [1.807, 2.05) is 30.0 Å². The van der Waals surface area contributed by atoms with Crippen molar-refractivity contribution in [3.05, 3.63) is 54.0 Å². The van der Waals surface area contributed by atoms with Crippen LogP contribution in [0.5, 0.6) is 0 Å². The minimum absolute atomic E-state index is 0.110. The molecule has 0 aliphatic carbocycles. The molecular formula is C24H26F6N4O5. The van der Waals surface area contributed by atoms with Gasteiger partial charge >= 0.3 is 24.3 Å². The van der Waals surface area contributed by atoms with Gasteiger partial charge in [0.2, 0.25) is 0 Å². The number of aryl methyl sites for hydroxylation is 1. The Balaban J connectivity index is 0.000000317. The molecule has 4 heterocycles. The van der Waals surface area contributed by atoms with Gasteiger partial charge in [0.15, 0.2) is 0 Å². The zero-order valence-electron chi connectivity index (χ0n) is 20.7. The van der Waals surface area contributed by atoms with Gasteiger partial charge in [0.25, 0.3) is 5.91 Å². The normalized spacial score (nSPS) is 18.9. The van der Waals surface area contributed by atoms with Crippen LogP contribution in [0.4, 0.5) is 32.2 Å². The zero-order chi connectivity index (χ0) is 29.4. The predicted molar refractivity (Wildman–Crippen MR) is 125 cm³/mol. The van der Waals surface area contributed by atoms with E-state index in [9.17, 15) is 31.1 Å². The van der Waals surface area contributed by atoms with Gasteiger partial charge in [-0.25, -0.2) is 14.6 Å². The Morgan fingerprint density at radius 1 is 0.897 bits per heavy atom. The third-order valence-corrected chi connectivity index (χ3v) is 5.98. The van der Waals surface area contributed by atoms with Crippen molar-refractivity contribution in [3.63, 3.8) is 0 Å². The molecule has 1 unspecified atom stereocenters. The first kappa shape index (κ1) is 31.3. The minimum Gasteiger partial charge on any atom is -0.475 e. The molecule has 0 aromatic carbocycles. The van der Waals surface area contributed by atoms with Crippen LogP contribution in [0, 0.1) is 12.3 Å². The highest BCUT2D eigenvalue weighted by Gasteiger charge is 2.43. The summed E-state index contributed by atoms with van der Waals surface area (Å²) in [5.41, 5.74) is 1.94. The molecule has 2 aromatic rings. The van der Waals surface area contributed by atoms with E-state index in [4.69, 9.17) is 19.8 Å². The average molecular weight is 564 g/mol. The maximum Gasteiger partial charge on any atom is 0.490 e. The zero-order valence-corrected chi connectivity index (χ0v) is 20.7. The number of anilines is 1. The Bertz CT molecular complexity index is 1120. The number of amides is 1. The van der Waals surface area contributed by atoms with Crippen LogP contribution in [0.3, 0.4) is 0 Å². The van der Waals surface area contributed by atoms with Gasteiger partial charge < -0.3 is 20.0 Å². The van der Waals surface area contributed by atoms with Crippen molar-refractivity contribution >= 4 is 23.7 Å². The van der Waals surface area contributed by atoms with Crippen LogP contribution >= 0.6 is 0 Å². The molecule has 0 radical (unpaired) electrons. The first-order valence-electron chi connectivity index (χ1n) is 11.5. The fraction of sp³-hybridized carbons (Fsp3) is 0.458. The molecular weight excluding hydrogens is 538 g/mol. The number of likely N-dealkylation sites (tertiary alicyclic amines) is 1. The Morgan fingerprint density at radius 3 is 2.03 bits per heavy atom. The standard InChI is InChI=1S/C20H24N4O.2C2HF3O2/c1-16-5-2-7-18(22-16)23-12-9-20(14-23)8-4-11-24(15-20)19(25)17-6-3-10-21-13-17;2*3-2(4,5)1(6)7/h2-3,5-7,10,13H,4,8-9,11-12,14-15H2,1H3;2*(H,6,7). The molecule has 4 rings (SSSR count). The molecule has 1 amide bonds. The number of carbonyl (C=O) groups excluding carboxylic acids is 1. The Hall–Kier alpha value is -3.91. The fourth-order valence-corrected chi connectivity index (χ4v) is 4.22. The summed E-state index contributed by atoms with van der Waals surface area (Å²) in [5.74, 6) is -4.34. The molecule has 2 aliphatic rings. The van der Waals surface area contributed by atoms with Crippen molar-refractivity contribution in [2.45, 2.75) is 38.5 Å². The number of hydrogen-bond donors (Lipinski definition) is 2. The Labute approximate surface area is 219 Å².